The molecule has 23 heavy (non-hydrogen) atoms. The van der Waals surface area contributed by atoms with E-state index in [2.05, 4.69) is 17.2 Å². The molecule has 0 unspecified atom stereocenters. The van der Waals surface area contributed by atoms with E-state index in [1.165, 1.54) is 6.07 Å². The summed E-state index contributed by atoms with van der Waals surface area (Å²) in [6.07, 6.45) is 1.99. The van der Waals surface area contributed by atoms with Crippen LogP contribution in [-0.4, -0.2) is 34.7 Å². The number of rotatable bonds is 2. The van der Waals surface area contributed by atoms with Gasteiger partial charge in [-0.1, -0.05) is 24.8 Å². The summed E-state index contributed by atoms with van der Waals surface area (Å²) in [5, 5.41) is 11.5. The molecule has 0 aromatic heterocycles. The van der Waals surface area contributed by atoms with Crippen LogP contribution in [0, 0.1) is 16.0 Å². The van der Waals surface area contributed by atoms with Gasteiger partial charge in [0.25, 0.3) is 5.69 Å². The molecule has 0 N–H and O–H groups in total. The fraction of sp³-hybridized carbons (Fsp3) is 0.444. The van der Waals surface area contributed by atoms with Crippen LogP contribution in [0.3, 0.4) is 0 Å². The predicted molar refractivity (Wildman–Crippen MR) is 85.1 cm³/mol. The Kier molecular flexibility index (Phi) is 3.05. The number of ketones is 1. The fourth-order valence-corrected chi connectivity index (χ4v) is 4.87. The van der Waals surface area contributed by atoms with Crippen molar-refractivity contribution in [2.75, 3.05) is 13.1 Å². The summed E-state index contributed by atoms with van der Waals surface area (Å²) in [5.74, 6) is 0.346. The summed E-state index contributed by atoms with van der Waals surface area (Å²) in [4.78, 5) is 26.5. The third-order valence-corrected chi connectivity index (χ3v) is 5.91. The van der Waals surface area contributed by atoms with Gasteiger partial charge in [0.05, 0.1) is 10.3 Å². The molecular formula is C18H18N2O3. The van der Waals surface area contributed by atoms with E-state index in [9.17, 15) is 14.9 Å². The molecular weight excluding hydrogens is 292 g/mol. The molecule has 0 amide bonds. The number of nitrogens with zero attached hydrogens (tertiary/aromatic N) is 2. The van der Waals surface area contributed by atoms with Crippen molar-refractivity contribution in [3.05, 3.63) is 57.8 Å². The zero-order chi connectivity index (χ0) is 16.2. The SMILES string of the molecule is C=C=C1CN2CC[C@]3(c4ccccc4[N+](=O)[O-])C(=O)C[C@@H]1C[C@@H]23. The number of hydrogen-bond donors (Lipinski definition) is 0. The lowest BCUT2D eigenvalue weighted by Gasteiger charge is -2.47. The van der Waals surface area contributed by atoms with Crippen LogP contribution >= 0.6 is 0 Å². The Balaban J connectivity index is 1.88. The van der Waals surface area contributed by atoms with Crippen LogP contribution < -0.4 is 0 Å². The number of piperidine rings is 1. The molecule has 3 fully saturated rings. The summed E-state index contributed by atoms with van der Waals surface area (Å²) in [6, 6.07) is 6.83. The summed E-state index contributed by atoms with van der Waals surface area (Å²) < 4.78 is 0. The Labute approximate surface area is 134 Å². The molecule has 1 aromatic rings. The van der Waals surface area contributed by atoms with Crippen molar-refractivity contribution in [3.8, 4) is 0 Å². The molecule has 2 heterocycles. The highest BCUT2D eigenvalue weighted by molar-refractivity contribution is 5.94. The largest absolute Gasteiger partial charge is 0.299 e. The van der Waals surface area contributed by atoms with Gasteiger partial charge in [-0.05, 0) is 24.3 Å². The fourth-order valence-electron chi connectivity index (χ4n) is 4.87. The second kappa shape index (κ2) is 4.88. The Morgan fingerprint density at radius 2 is 2.17 bits per heavy atom. The van der Waals surface area contributed by atoms with Gasteiger partial charge in [-0.3, -0.25) is 19.8 Å². The van der Waals surface area contributed by atoms with Gasteiger partial charge in [-0.25, -0.2) is 0 Å². The van der Waals surface area contributed by atoms with Crippen LogP contribution in [0.25, 0.3) is 0 Å². The highest BCUT2D eigenvalue weighted by Crippen LogP contribution is 2.54. The van der Waals surface area contributed by atoms with Gasteiger partial charge in [0.15, 0.2) is 0 Å². The van der Waals surface area contributed by atoms with Crippen LogP contribution in [0.4, 0.5) is 5.69 Å². The van der Waals surface area contributed by atoms with E-state index >= 15 is 0 Å². The van der Waals surface area contributed by atoms with Gasteiger partial charge >= 0.3 is 0 Å². The van der Waals surface area contributed by atoms with E-state index in [1.807, 2.05) is 0 Å². The number of nitro groups is 1. The van der Waals surface area contributed by atoms with Gasteiger partial charge < -0.3 is 0 Å². The molecule has 1 saturated carbocycles. The molecule has 118 valence electrons. The molecule has 2 aliphatic heterocycles. The highest BCUT2D eigenvalue weighted by atomic mass is 16.6. The average Bonchev–Trinajstić information content (AvgIpc) is 2.96. The lowest BCUT2D eigenvalue weighted by Crippen LogP contribution is -2.56. The topological polar surface area (TPSA) is 63.4 Å². The number of fused-ring (bicyclic) bond motifs is 1. The molecule has 1 aliphatic carbocycles. The van der Waals surface area contributed by atoms with E-state index in [0.717, 1.165) is 25.1 Å². The van der Waals surface area contributed by atoms with Crippen LogP contribution in [-0.2, 0) is 10.2 Å². The quantitative estimate of drug-likeness (QED) is 0.478. The van der Waals surface area contributed by atoms with Crippen LogP contribution in [0.2, 0.25) is 0 Å². The maximum Gasteiger partial charge on any atom is 0.273 e. The first-order valence-electron chi connectivity index (χ1n) is 7.98. The summed E-state index contributed by atoms with van der Waals surface area (Å²) >= 11 is 0. The zero-order valence-electron chi connectivity index (χ0n) is 12.8. The molecule has 1 aromatic carbocycles. The van der Waals surface area contributed by atoms with Crippen LogP contribution in [0.1, 0.15) is 24.8 Å². The summed E-state index contributed by atoms with van der Waals surface area (Å²) in [7, 11) is 0. The van der Waals surface area contributed by atoms with Gasteiger partial charge in [0.2, 0.25) is 0 Å². The Morgan fingerprint density at radius 3 is 2.91 bits per heavy atom. The molecule has 3 aliphatic rings. The first kappa shape index (κ1) is 14.4. The maximum atomic E-state index is 13.1. The van der Waals surface area contributed by atoms with Gasteiger partial charge in [-0.2, -0.15) is 0 Å². The lowest BCUT2D eigenvalue weighted by atomic mass is 9.60. The molecule has 0 spiro atoms. The van der Waals surface area contributed by atoms with E-state index in [0.29, 0.717) is 18.4 Å². The maximum absolute atomic E-state index is 13.1. The predicted octanol–water partition coefficient (Wildman–Crippen LogP) is 2.61. The normalized spacial score (nSPS) is 32.7. The monoisotopic (exact) mass is 310 g/mol. The first-order valence-corrected chi connectivity index (χ1v) is 7.98. The van der Waals surface area contributed by atoms with Crippen molar-refractivity contribution in [1.82, 2.24) is 4.90 Å². The minimum atomic E-state index is -0.715. The van der Waals surface area contributed by atoms with E-state index in [1.54, 1.807) is 18.2 Å². The highest BCUT2D eigenvalue weighted by Gasteiger charge is 2.60. The van der Waals surface area contributed by atoms with Gasteiger partial charge in [0, 0.05) is 37.2 Å². The van der Waals surface area contributed by atoms with Crippen molar-refractivity contribution >= 4 is 11.5 Å². The number of carbonyl (C=O) groups excluding carboxylic acids is 1. The Hall–Kier alpha value is -2.23. The number of Topliss-reactive ketones (excluding diaryl/α,β-unsaturated/α-hetero) is 1. The third-order valence-electron chi connectivity index (χ3n) is 5.91. The lowest BCUT2D eigenvalue weighted by molar-refractivity contribution is -0.386. The van der Waals surface area contributed by atoms with E-state index in [-0.39, 0.29) is 28.4 Å². The number of carbonyl (C=O) groups is 1. The molecule has 2 saturated heterocycles. The number of para-hydroxylation sites is 1. The van der Waals surface area contributed by atoms with E-state index < -0.39 is 5.41 Å². The smallest absolute Gasteiger partial charge is 0.273 e. The van der Waals surface area contributed by atoms with Gasteiger partial charge in [-0.15, -0.1) is 5.73 Å². The van der Waals surface area contributed by atoms with Crippen molar-refractivity contribution < 1.29 is 9.72 Å². The standard InChI is InChI=1S/C18H18N2O3/c1-2-12-11-19-8-7-18(16(19)9-13(12)10-17(18)21)14-5-3-4-6-15(14)20(22)23/h3-6,13,16H,1,7-11H2/t13-,16+,18+/m0/s1. The van der Waals surface area contributed by atoms with Crippen molar-refractivity contribution in [2.45, 2.75) is 30.7 Å². The van der Waals surface area contributed by atoms with Gasteiger partial charge in [0.1, 0.15) is 5.78 Å². The minimum Gasteiger partial charge on any atom is -0.299 e. The van der Waals surface area contributed by atoms with Crippen LogP contribution in [0.5, 0.6) is 0 Å². The zero-order valence-corrected chi connectivity index (χ0v) is 12.8. The van der Waals surface area contributed by atoms with Crippen molar-refractivity contribution in [3.63, 3.8) is 0 Å². The van der Waals surface area contributed by atoms with Crippen molar-refractivity contribution in [2.24, 2.45) is 5.92 Å². The third kappa shape index (κ3) is 1.81. The number of hydrogen-bond acceptors (Lipinski definition) is 4. The summed E-state index contributed by atoms with van der Waals surface area (Å²) in [6.45, 7) is 5.34. The molecule has 5 heteroatoms. The Bertz CT molecular complexity index is 765. The van der Waals surface area contributed by atoms with Crippen LogP contribution in [0.15, 0.2) is 42.1 Å². The van der Waals surface area contributed by atoms with E-state index in [4.69, 9.17) is 0 Å². The molecule has 3 atom stereocenters. The van der Waals surface area contributed by atoms with Crippen molar-refractivity contribution in [1.29, 1.82) is 0 Å². The average molecular weight is 310 g/mol. The minimum absolute atomic E-state index is 0.0620. The molecule has 4 rings (SSSR count). The second-order valence-corrected chi connectivity index (χ2v) is 6.74. The second-order valence-electron chi connectivity index (χ2n) is 6.74. The molecule has 0 radical (unpaired) electrons. The molecule has 2 bridgehead atoms. The Morgan fingerprint density at radius 1 is 1.39 bits per heavy atom. The number of benzene rings is 1. The summed E-state index contributed by atoms with van der Waals surface area (Å²) in [5.41, 5.74) is 4.09. The number of nitro benzene ring substituents is 1. The molecule has 5 nitrogen and oxygen atoms in total. The first-order chi connectivity index (χ1) is 11.1.